The lowest BCUT2D eigenvalue weighted by Gasteiger charge is -2.42. The molecule has 1 heterocycles. The summed E-state index contributed by atoms with van der Waals surface area (Å²) in [7, 11) is 2.12. The van der Waals surface area contributed by atoms with Crippen LogP contribution in [0.25, 0.3) is 0 Å². The first-order chi connectivity index (χ1) is 8.97. The zero-order valence-electron chi connectivity index (χ0n) is 12.5. The Kier molecular flexibility index (Phi) is 4.29. The Hall–Kier alpha value is -0.900. The van der Waals surface area contributed by atoms with Crippen molar-refractivity contribution in [3.63, 3.8) is 0 Å². The summed E-state index contributed by atoms with van der Waals surface area (Å²) in [6, 6.07) is 4.41. The van der Waals surface area contributed by atoms with E-state index in [0.717, 1.165) is 13.1 Å². The van der Waals surface area contributed by atoms with Crippen molar-refractivity contribution in [1.82, 2.24) is 4.90 Å². The van der Waals surface area contributed by atoms with Gasteiger partial charge < -0.3 is 14.7 Å². The second kappa shape index (κ2) is 5.61. The van der Waals surface area contributed by atoms with Crippen LogP contribution in [0.15, 0.2) is 12.1 Å². The SMILES string of the molecule is Cc1ccc(CN(C)CC2(CO)COC2)c(C)c1C. The van der Waals surface area contributed by atoms with Crippen molar-refractivity contribution >= 4 is 0 Å². The molecule has 1 aromatic carbocycles. The highest BCUT2D eigenvalue weighted by atomic mass is 16.5. The number of aliphatic hydroxyl groups is 1. The molecule has 1 aliphatic heterocycles. The average Bonchev–Trinajstić information content (AvgIpc) is 2.35. The van der Waals surface area contributed by atoms with Crippen LogP contribution < -0.4 is 0 Å². The molecule has 1 fully saturated rings. The fourth-order valence-corrected chi connectivity index (χ4v) is 2.73. The van der Waals surface area contributed by atoms with Crippen LogP contribution in [0.2, 0.25) is 0 Å². The first kappa shape index (κ1) is 14.5. The van der Waals surface area contributed by atoms with Crippen LogP contribution in [-0.4, -0.2) is 43.4 Å². The maximum atomic E-state index is 9.48. The molecular weight excluding hydrogens is 238 g/mol. The number of rotatable bonds is 5. The van der Waals surface area contributed by atoms with Crippen molar-refractivity contribution in [3.05, 3.63) is 34.4 Å². The third-order valence-corrected chi connectivity index (χ3v) is 4.37. The minimum absolute atomic E-state index is 0.0393. The normalized spacial score (nSPS) is 17.6. The van der Waals surface area contributed by atoms with Crippen LogP contribution in [0, 0.1) is 26.2 Å². The van der Waals surface area contributed by atoms with E-state index in [1.165, 1.54) is 22.3 Å². The Morgan fingerprint density at radius 3 is 2.42 bits per heavy atom. The summed E-state index contributed by atoms with van der Waals surface area (Å²) in [5.41, 5.74) is 5.45. The van der Waals surface area contributed by atoms with Crippen molar-refractivity contribution in [2.45, 2.75) is 27.3 Å². The second-order valence-corrected chi connectivity index (χ2v) is 6.11. The molecule has 19 heavy (non-hydrogen) atoms. The van der Waals surface area contributed by atoms with Crippen molar-refractivity contribution < 1.29 is 9.84 Å². The van der Waals surface area contributed by atoms with Gasteiger partial charge in [0, 0.05) is 13.1 Å². The van der Waals surface area contributed by atoms with Gasteiger partial charge in [-0.1, -0.05) is 12.1 Å². The van der Waals surface area contributed by atoms with E-state index in [2.05, 4.69) is 44.9 Å². The molecule has 0 aromatic heterocycles. The summed E-state index contributed by atoms with van der Waals surface area (Å²) < 4.78 is 5.25. The summed E-state index contributed by atoms with van der Waals surface area (Å²) in [4.78, 5) is 2.29. The zero-order chi connectivity index (χ0) is 14.0. The minimum atomic E-state index is -0.0393. The molecule has 106 valence electrons. The van der Waals surface area contributed by atoms with Gasteiger partial charge in [-0.2, -0.15) is 0 Å². The molecule has 2 rings (SSSR count). The van der Waals surface area contributed by atoms with Crippen LogP contribution in [-0.2, 0) is 11.3 Å². The molecule has 1 N–H and O–H groups in total. The van der Waals surface area contributed by atoms with Crippen LogP contribution >= 0.6 is 0 Å². The van der Waals surface area contributed by atoms with Crippen molar-refractivity contribution in [3.8, 4) is 0 Å². The van der Waals surface area contributed by atoms with Crippen LogP contribution in [0.3, 0.4) is 0 Å². The van der Waals surface area contributed by atoms with Crippen LogP contribution in [0.4, 0.5) is 0 Å². The third-order valence-electron chi connectivity index (χ3n) is 4.37. The third kappa shape index (κ3) is 2.99. The van der Waals surface area contributed by atoms with Gasteiger partial charge in [-0.15, -0.1) is 0 Å². The van der Waals surface area contributed by atoms with Gasteiger partial charge in [0.2, 0.25) is 0 Å². The van der Waals surface area contributed by atoms with Gasteiger partial charge in [0.25, 0.3) is 0 Å². The van der Waals surface area contributed by atoms with Crippen LogP contribution in [0.5, 0.6) is 0 Å². The first-order valence-corrected chi connectivity index (χ1v) is 6.90. The van der Waals surface area contributed by atoms with E-state index in [-0.39, 0.29) is 12.0 Å². The number of nitrogens with zero attached hydrogens (tertiary/aromatic N) is 1. The average molecular weight is 263 g/mol. The molecule has 1 saturated heterocycles. The fraction of sp³-hybridized carbons (Fsp3) is 0.625. The lowest BCUT2D eigenvalue weighted by molar-refractivity contribution is -0.147. The smallest absolute Gasteiger partial charge is 0.0579 e. The predicted molar refractivity (Wildman–Crippen MR) is 77.3 cm³/mol. The van der Waals surface area contributed by atoms with E-state index < -0.39 is 0 Å². The molecule has 0 radical (unpaired) electrons. The van der Waals surface area contributed by atoms with Gasteiger partial charge in [0.15, 0.2) is 0 Å². The summed E-state index contributed by atoms with van der Waals surface area (Å²) in [5, 5.41) is 9.48. The number of aliphatic hydroxyl groups excluding tert-OH is 1. The van der Waals surface area contributed by atoms with Gasteiger partial charge in [-0.05, 0) is 50.1 Å². The number of aryl methyl sites for hydroxylation is 1. The maximum absolute atomic E-state index is 9.48. The predicted octanol–water partition coefficient (Wildman–Crippen LogP) is 2.05. The summed E-state index contributed by atoms with van der Waals surface area (Å²) in [5.74, 6) is 0. The Bertz CT molecular complexity index is 447. The minimum Gasteiger partial charge on any atom is -0.396 e. The van der Waals surface area contributed by atoms with E-state index >= 15 is 0 Å². The zero-order valence-corrected chi connectivity index (χ0v) is 12.5. The molecular formula is C16H25NO2. The Balaban J connectivity index is 2.03. The molecule has 0 aliphatic carbocycles. The van der Waals surface area contributed by atoms with Crippen LogP contribution in [0.1, 0.15) is 22.3 Å². The van der Waals surface area contributed by atoms with Gasteiger partial charge in [0.1, 0.15) is 0 Å². The van der Waals surface area contributed by atoms with Gasteiger partial charge in [-0.3, -0.25) is 0 Å². The highest BCUT2D eigenvalue weighted by molar-refractivity contribution is 5.38. The Morgan fingerprint density at radius 1 is 1.21 bits per heavy atom. The number of hydrogen-bond donors (Lipinski definition) is 1. The lowest BCUT2D eigenvalue weighted by atomic mass is 9.86. The van der Waals surface area contributed by atoms with E-state index in [1.54, 1.807) is 0 Å². The Morgan fingerprint density at radius 2 is 1.89 bits per heavy atom. The molecule has 1 aromatic rings. The highest BCUT2D eigenvalue weighted by Gasteiger charge is 2.38. The van der Waals surface area contributed by atoms with Gasteiger partial charge >= 0.3 is 0 Å². The molecule has 0 saturated carbocycles. The van der Waals surface area contributed by atoms with Crippen molar-refractivity contribution in [2.24, 2.45) is 5.41 Å². The molecule has 0 bridgehead atoms. The second-order valence-electron chi connectivity index (χ2n) is 6.11. The number of ether oxygens (including phenoxy) is 1. The van der Waals surface area contributed by atoms with E-state index in [0.29, 0.717) is 13.2 Å². The van der Waals surface area contributed by atoms with E-state index in [1.807, 2.05) is 0 Å². The summed E-state index contributed by atoms with van der Waals surface area (Å²) in [6.45, 7) is 9.92. The largest absolute Gasteiger partial charge is 0.396 e. The maximum Gasteiger partial charge on any atom is 0.0579 e. The molecule has 0 spiro atoms. The van der Waals surface area contributed by atoms with Gasteiger partial charge in [0.05, 0.1) is 25.2 Å². The summed E-state index contributed by atoms with van der Waals surface area (Å²) >= 11 is 0. The molecule has 0 unspecified atom stereocenters. The topological polar surface area (TPSA) is 32.7 Å². The van der Waals surface area contributed by atoms with Gasteiger partial charge in [-0.25, -0.2) is 0 Å². The molecule has 3 nitrogen and oxygen atoms in total. The molecule has 0 amide bonds. The van der Waals surface area contributed by atoms with E-state index in [9.17, 15) is 5.11 Å². The monoisotopic (exact) mass is 263 g/mol. The summed E-state index contributed by atoms with van der Waals surface area (Å²) in [6.07, 6.45) is 0. The molecule has 0 atom stereocenters. The Labute approximate surface area is 116 Å². The number of benzene rings is 1. The molecule has 3 heteroatoms. The number of hydrogen-bond acceptors (Lipinski definition) is 3. The standard InChI is InChI=1S/C16H25NO2/c1-12-5-6-15(14(3)13(12)2)7-17(4)8-16(9-18)10-19-11-16/h5-6,18H,7-11H2,1-4H3. The first-order valence-electron chi connectivity index (χ1n) is 6.90. The van der Waals surface area contributed by atoms with Crippen molar-refractivity contribution in [1.29, 1.82) is 0 Å². The lowest BCUT2D eigenvalue weighted by Crippen LogP contribution is -2.52. The van der Waals surface area contributed by atoms with E-state index in [4.69, 9.17) is 4.74 Å². The quantitative estimate of drug-likeness (QED) is 0.882. The van der Waals surface area contributed by atoms with Crippen molar-refractivity contribution in [2.75, 3.05) is 33.4 Å². The highest BCUT2D eigenvalue weighted by Crippen LogP contribution is 2.28. The fourth-order valence-electron chi connectivity index (χ4n) is 2.73. The molecule has 1 aliphatic rings.